The van der Waals surface area contributed by atoms with Crippen molar-refractivity contribution in [2.24, 2.45) is 4.99 Å². The number of hydrogen-bond acceptors (Lipinski definition) is 7. The van der Waals surface area contributed by atoms with E-state index < -0.39 is 0 Å². The van der Waals surface area contributed by atoms with Crippen molar-refractivity contribution in [1.82, 2.24) is 15.3 Å². The number of hydrazine groups is 1. The van der Waals surface area contributed by atoms with Gasteiger partial charge in [-0.15, -0.1) is 0 Å². The van der Waals surface area contributed by atoms with E-state index in [-0.39, 0.29) is 24.1 Å². The van der Waals surface area contributed by atoms with E-state index in [2.05, 4.69) is 65.8 Å². The van der Waals surface area contributed by atoms with E-state index in [0.717, 1.165) is 32.6 Å². The van der Waals surface area contributed by atoms with Gasteiger partial charge in [0, 0.05) is 44.7 Å². The molecule has 0 bridgehead atoms. The van der Waals surface area contributed by atoms with Gasteiger partial charge in [0.2, 0.25) is 0 Å². The smallest absolute Gasteiger partial charge is 0.267 e. The third-order valence-electron chi connectivity index (χ3n) is 7.56. The second kappa shape index (κ2) is 12.6. The number of piperazine rings is 1. The van der Waals surface area contributed by atoms with Gasteiger partial charge in [-0.1, -0.05) is 54.4 Å². The fraction of sp³-hybridized carbons (Fsp3) is 0.448. The molecule has 1 fully saturated rings. The Bertz CT molecular complexity index is 1260. The van der Waals surface area contributed by atoms with Crippen molar-refractivity contribution in [3.63, 3.8) is 0 Å². The number of allylic oxidation sites excluding steroid dienone is 2. The van der Waals surface area contributed by atoms with Crippen LogP contribution in [0.2, 0.25) is 5.02 Å². The van der Waals surface area contributed by atoms with Crippen molar-refractivity contribution in [1.29, 1.82) is 0 Å². The largest absolute Gasteiger partial charge is 0.495 e. The summed E-state index contributed by atoms with van der Waals surface area (Å²) in [5, 5.41) is 5.83. The Labute approximate surface area is 240 Å². The minimum Gasteiger partial charge on any atom is -0.495 e. The van der Waals surface area contributed by atoms with Crippen LogP contribution in [-0.4, -0.2) is 74.6 Å². The molecule has 2 atom stereocenters. The van der Waals surface area contributed by atoms with E-state index in [1.165, 1.54) is 11.1 Å². The molecular weight excluding hydrogens is 537 g/mol. The average molecular weight is 575 g/mol. The minimum atomic E-state index is -0.373. The van der Waals surface area contributed by atoms with Gasteiger partial charge in [0.15, 0.2) is 0 Å². The zero-order chi connectivity index (χ0) is 28.2. The summed E-state index contributed by atoms with van der Waals surface area (Å²) in [4.78, 5) is 19.5. The van der Waals surface area contributed by atoms with Crippen LogP contribution in [0.5, 0.6) is 5.75 Å². The topological polar surface area (TPSA) is 78.4 Å². The second-order valence-corrected chi connectivity index (χ2v) is 11.1. The molecular formula is C29H37Cl2N5O3. The molecule has 4 rings (SSSR count). The maximum atomic E-state index is 12.8. The van der Waals surface area contributed by atoms with E-state index in [4.69, 9.17) is 32.7 Å². The lowest BCUT2D eigenvalue weighted by Crippen LogP contribution is -2.52. The van der Waals surface area contributed by atoms with E-state index >= 15 is 0 Å². The summed E-state index contributed by atoms with van der Waals surface area (Å²) in [6.45, 7) is 9.67. The zero-order valence-electron chi connectivity index (χ0n) is 23.2. The van der Waals surface area contributed by atoms with Crippen molar-refractivity contribution in [2.45, 2.75) is 38.7 Å². The Balaban J connectivity index is 1.35. The highest BCUT2D eigenvalue weighted by molar-refractivity contribution is 6.39. The quantitative estimate of drug-likeness (QED) is 0.313. The fourth-order valence-electron chi connectivity index (χ4n) is 5.00. The number of anilines is 1. The van der Waals surface area contributed by atoms with Crippen LogP contribution in [0.25, 0.3) is 0 Å². The summed E-state index contributed by atoms with van der Waals surface area (Å²) in [5.74, 6) is 1.09. The molecule has 1 aliphatic heterocycles. The molecule has 2 aliphatic rings. The number of amides is 1. The van der Waals surface area contributed by atoms with Gasteiger partial charge in [-0.2, -0.15) is 0 Å². The predicted octanol–water partition coefficient (Wildman–Crippen LogP) is 5.29. The summed E-state index contributed by atoms with van der Waals surface area (Å²) in [5.41, 5.74) is 6.15. The number of ether oxygens (including phenoxy) is 2. The first-order valence-corrected chi connectivity index (χ1v) is 13.9. The highest BCUT2D eigenvalue weighted by atomic mass is 35.5. The molecule has 1 aliphatic carbocycles. The number of nitrogens with one attached hydrogen (secondary N) is 2. The van der Waals surface area contributed by atoms with Crippen LogP contribution in [0.4, 0.5) is 5.69 Å². The first-order valence-electron chi connectivity index (χ1n) is 13.1. The van der Waals surface area contributed by atoms with Crippen molar-refractivity contribution in [3.8, 4) is 5.75 Å². The molecule has 2 aromatic rings. The maximum Gasteiger partial charge on any atom is 0.267 e. The molecule has 0 radical (unpaired) electrons. The molecule has 2 aromatic carbocycles. The third-order valence-corrected chi connectivity index (χ3v) is 8.24. The normalized spacial score (nSPS) is 22.4. The standard InChI is InChI=1S/C29H37Cl2N5O3/c1-19-22-9-7-6-8-21(22)16-29(19,3)39-20(2)25(31)17-32-18-33-26-15-24(30)23(14-27(26)38-5)28(37)34-36-12-10-35(4)11-13-36/h6-9,14-15,17,19,33H,10-13,16,18H2,1-5H3,(H,34,37)/b25-20-,32-17-. The van der Waals surface area contributed by atoms with E-state index in [0.29, 0.717) is 32.8 Å². The van der Waals surface area contributed by atoms with E-state index in [1.807, 2.05) is 11.9 Å². The van der Waals surface area contributed by atoms with Gasteiger partial charge in [-0.05, 0) is 44.2 Å². The minimum absolute atomic E-state index is 0.224. The van der Waals surface area contributed by atoms with Crippen molar-refractivity contribution >= 4 is 41.0 Å². The lowest BCUT2D eigenvalue weighted by Gasteiger charge is -2.32. The van der Waals surface area contributed by atoms with Crippen LogP contribution in [0, 0.1) is 0 Å². The fourth-order valence-corrected chi connectivity index (χ4v) is 5.36. The summed E-state index contributed by atoms with van der Waals surface area (Å²) in [7, 11) is 3.61. The Morgan fingerprint density at radius 3 is 2.64 bits per heavy atom. The van der Waals surface area contributed by atoms with Crippen molar-refractivity contribution in [3.05, 3.63) is 68.9 Å². The number of fused-ring (bicyclic) bond motifs is 1. The van der Waals surface area contributed by atoms with Crippen LogP contribution in [0.15, 0.2) is 52.2 Å². The second-order valence-electron chi connectivity index (χ2n) is 10.3. The van der Waals surface area contributed by atoms with Crippen molar-refractivity contribution in [2.75, 3.05) is 52.3 Å². The molecule has 0 aromatic heterocycles. The average Bonchev–Trinajstić information content (AvgIpc) is 3.17. The molecule has 8 nitrogen and oxygen atoms in total. The Morgan fingerprint density at radius 2 is 1.95 bits per heavy atom. The number of hydrogen-bond donors (Lipinski definition) is 2. The number of benzene rings is 2. The molecule has 0 spiro atoms. The molecule has 1 amide bonds. The van der Waals surface area contributed by atoms with Gasteiger partial charge in [0.1, 0.15) is 23.8 Å². The van der Waals surface area contributed by atoms with Crippen LogP contribution >= 0.6 is 23.2 Å². The molecule has 210 valence electrons. The van der Waals surface area contributed by atoms with Gasteiger partial charge >= 0.3 is 0 Å². The summed E-state index contributed by atoms with van der Waals surface area (Å²) < 4.78 is 11.9. The number of carbonyl (C=O) groups is 1. The molecule has 39 heavy (non-hydrogen) atoms. The van der Waals surface area contributed by atoms with Gasteiger partial charge in [0.25, 0.3) is 5.91 Å². The highest BCUT2D eigenvalue weighted by Crippen LogP contribution is 2.44. The number of carbonyl (C=O) groups excluding carboxylic acids is 1. The Morgan fingerprint density at radius 1 is 1.23 bits per heavy atom. The van der Waals surface area contributed by atoms with Crippen LogP contribution in [-0.2, 0) is 11.2 Å². The predicted molar refractivity (Wildman–Crippen MR) is 158 cm³/mol. The van der Waals surface area contributed by atoms with Gasteiger partial charge in [-0.25, -0.2) is 5.01 Å². The number of nitrogens with zero attached hydrogens (tertiary/aromatic N) is 3. The first-order chi connectivity index (χ1) is 18.6. The van der Waals surface area contributed by atoms with Gasteiger partial charge in [0.05, 0.1) is 28.4 Å². The monoisotopic (exact) mass is 573 g/mol. The summed E-state index contributed by atoms with van der Waals surface area (Å²) in [6, 6.07) is 11.7. The molecule has 0 saturated carbocycles. The number of halogens is 2. The summed E-state index contributed by atoms with van der Waals surface area (Å²) in [6.07, 6.45) is 2.40. The molecule has 10 heteroatoms. The third kappa shape index (κ3) is 6.87. The number of aliphatic imine (C=N–C) groups is 1. The van der Waals surface area contributed by atoms with Crippen LogP contribution < -0.4 is 15.5 Å². The van der Waals surface area contributed by atoms with Crippen molar-refractivity contribution < 1.29 is 14.3 Å². The van der Waals surface area contributed by atoms with Gasteiger partial charge < -0.3 is 19.7 Å². The lowest BCUT2D eigenvalue weighted by molar-refractivity contribution is 0.00933. The van der Waals surface area contributed by atoms with Gasteiger partial charge in [-0.3, -0.25) is 15.2 Å². The molecule has 2 N–H and O–H groups in total. The highest BCUT2D eigenvalue weighted by Gasteiger charge is 2.41. The van der Waals surface area contributed by atoms with E-state index in [9.17, 15) is 4.79 Å². The number of rotatable bonds is 9. The number of likely N-dealkylation sites (N-methyl/N-ethyl adjacent to an activating group) is 1. The first kappa shape index (κ1) is 29.2. The van der Waals surface area contributed by atoms with E-state index in [1.54, 1.807) is 25.5 Å². The van der Waals surface area contributed by atoms with Crippen LogP contribution in [0.1, 0.15) is 48.2 Å². The molecule has 1 heterocycles. The number of methoxy groups -OCH3 is 1. The zero-order valence-corrected chi connectivity index (χ0v) is 24.7. The molecule has 2 unspecified atom stereocenters. The lowest BCUT2D eigenvalue weighted by atomic mass is 9.91. The summed E-state index contributed by atoms with van der Waals surface area (Å²) >= 11 is 13.0. The SMILES string of the molecule is COc1cc(C(=O)NN2CCN(C)CC2)c(Cl)cc1NC/N=C\C(Cl)=C(/C)OC1(C)Cc2ccccc2C1C. The Hall–Kier alpha value is -2.78. The Kier molecular flexibility index (Phi) is 9.43. The maximum absolute atomic E-state index is 12.8. The van der Waals surface area contributed by atoms with Crippen LogP contribution in [0.3, 0.4) is 0 Å². The molecule has 1 saturated heterocycles.